The van der Waals surface area contributed by atoms with Crippen molar-refractivity contribution in [3.05, 3.63) is 35.9 Å². The topological polar surface area (TPSA) is 133 Å². The molecule has 3 fully saturated rings. The molecule has 1 aromatic carbocycles. The van der Waals surface area contributed by atoms with Crippen LogP contribution in [0, 0.1) is 11.8 Å². The molecule has 4 atom stereocenters. The molecule has 9 nitrogen and oxygen atoms in total. The van der Waals surface area contributed by atoms with Crippen LogP contribution >= 0.6 is 0 Å². The molecule has 2 aliphatic carbocycles. The zero-order chi connectivity index (χ0) is 26.4. The predicted octanol–water partition coefficient (Wildman–Crippen LogP) is 1.71. The number of carbonyl (C=O) groups excluding carboxylic acids is 5. The van der Waals surface area contributed by atoms with Crippen molar-refractivity contribution in [2.24, 2.45) is 11.8 Å². The Bertz CT molecular complexity index is 1010. The molecule has 37 heavy (non-hydrogen) atoms. The summed E-state index contributed by atoms with van der Waals surface area (Å²) in [4.78, 5) is 64.1. The first-order valence-corrected chi connectivity index (χ1v) is 13.6. The van der Waals surface area contributed by atoms with Crippen molar-refractivity contribution in [3.63, 3.8) is 0 Å². The maximum atomic E-state index is 13.4. The standard InChI is InChI=1S/C28H38N4O5/c1-2-18(19-6-4-3-5-7-19)16-24(33)31-23(14-17-8-9-17)27(36)32-22(15-20-12-13-29-26(20)35)25(34)28(37)30-21-10-11-21/h3-7,17-18,20-23H,2,8-16H2,1H3,(H,29,35)(H,30,37)(H,31,33)(H,32,36)/t18?,20-,22?,23-/m0/s1. The monoisotopic (exact) mass is 510 g/mol. The summed E-state index contributed by atoms with van der Waals surface area (Å²) in [6.45, 7) is 2.54. The van der Waals surface area contributed by atoms with Crippen LogP contribution in [-0.4, -0.2) is 54.1 Å². The number of hydrogen-bond acceptors (Lipinski definition) is 5. The number of amides is 4. The SMILES string of the molecule is CCC(CC(=O)N[C@@H](CC1CC1)C(=O)NC(C[C@@H]1CCNC1=O)C(=O)C(=O)NC1CC1)c1ccccc1. The fraction of sp³-hybridized carbons (Fsp3) is 0.607. The maximum absolute atomic E-state index is 13.4. The first kappa shape index (κ1) is 26.8. The summed E-state index contributed by atoms with van der Waals surface area (Å²) in [5.74, 6) is -2.42. The van der Waals surface area contributed by atoms with Gasteiger partial charge in [0.15, 0.2) is 0 Å². The van der Waals surface area contributed by atoms with Gasteiger partial charge < -0.3 is 21.3 Å². The molecule has 0 bridgehead atoms. The molecule has 1 saturated heterocycles. The van der Waals surface area contributed by atoms with E-state index in [9.17, 15) is 24.0 Å². The van der Waals surface area contributed by atoms with Gasteiger partial charge in [0, 0.05) is 24.9 Å². The maximum Gasteiger partial charge on any atom is 0.289 e. The van der Waals surface area contributed by atoms with E-state index in [-0.39, 0.29) is 36.6 Å². The number of ketones is 1. The van der Waals surface area contributed by atoms with E-state index < -0.39 is 35.6 Å². The Morgan fingerprint density at radius 1 is 0.946 bits per heavy atom. The van der Waals surface area contributed by atoms with Gasteiger partial charge in [-0.15, -0.1) is 0 Å². The third-order valence-corrected chi connectivity index (χ3v) is 7.57. The van der Waals surface area contributed by atoms with Gasteiger partial charge in [0.2, 0.25) is 23.5 Å². The molecule has 200 valence electrons. The van der Waals surface area contributed by atoms with Crippen LogP contribution in [0.15, 0.2) is 30.3 Å². The van der Waals surface area contributed by atoms with Gasteiger partial charge in [0.25, 0.3) is 5.91 Å². The van der Waals surface area contributed by atoms with Gasteiger partial charge >= 0.3 is 0 Å². The number of benzene rings is 1. The Morgan fingerprint density at radius 2 is 1.68 bits per heavy atom. The van der Waals surface area contributed by atoms with E-state index >= 15 is 0 Å². The van der Waals surface area contributed by atoms with Crippen LogP contribution in [0.25, 0.3) is 0 Å². The highest BCUT2D eigenvalue weighted by molar-refractivity contribution is 6.38. The molecule has 9 heteroatoms. The zero-order valence-corrected chi connectivity index (χ0v) is 21.5. The van der Waals surface area contributed by atoms with Crippen LogP contribution in [-0.2, 0) is 24.0 Å². The summed E-state index contributed by atoms with van der Waals surface area (Å²) < 4.78 is 0. The summed E-state index contributed by atoms with van der Waals surface area (Å²) in [7, 11) is 0. The smallest absolute Gasteiger partial charge is 0.289 e. The third kappa shape index (κ3) is 7.87. The van der Waals surface area contributed by atoms with Gasteiger partial charge in [0.1, 0.15) is 6.04 Å². The Balaban J connectivity index is 1.42. The second-order valence-corrected chi connectivity index (χ2v) is 10.7. The van der Waals surface area contributed by atoms with Crippen molar-refractivity contribution in [3.8, 4) is 0 Å². The predicted molar refractivity (Wildman–Crippen MR) is 137 cm³/mol. The molecule has 1 aliphatic heterocycles. The highest BCUT2D eigenvalue weighted by atomic mass is 16.2. The second kappa shape index (κ2) is 12.3. The summed E-state index contributed by atoms with van der Waals surface area (Å²) >= 11 is 0. The van der Waals surface area contributed by atoms with Crippen LogP contribution in [0.3, 0.4) is 0 Å². The number of nitrogens with one attached hydrogen (secondary N) is 4. The summed E-state index contributed by atoms with van der Waals surface area (Å²) in [6.07, 6.45) is 5.78. The minimum Gasteiger partial charge on any atom is -0.356 e. The Kier molecular flexibility index (Phi) is 8.95. The van der Waals surface area contributed by atoms with E-state index in [1.54, 1.807) is 0 Å². The average molecular weight is 511 g/mol. The molecule has 2 saturated carbocycles. The minimum atomic E-state index is -1.12. The Labute approximate surface area is 217 Å². The molecule has 1 heterocycles. The first-order valence-electron chi connectivity index (χ1n) is 13.6. The van der Waals surface area contributed by atoms with Crippen molar-refractivity contribution in [2.45, 2.75) is 88.8 Å². The Hall–Kier alpha value is -3.23. The Morgan fingerprint density at radius 3 is 2.27 bits per heavy atom. The van der Waals surface area contributed by atoms with Crippen molar-refractivity contribution >= 4 is 29.4 Å². The van der Waals surface area contributed by atoms with E-state index in [1.807, 2.05) is 37.3 Å². The molecule has 1 aromatic rings. The van der Waals surface area contributed by atoms with Crippen molar-refractivity contribution in [1.29, 1.82) is 0 Å². The van der Waals surface area contributed by atoms with Crippen LogP contribution < -0.4 is 21.3 Å². The highest BCUT2D eigenvalue weighted by Gasteiger charge is 2.38. The number of Topliss-reactive ketones (excluding diaryl/α,β-unsaturated/α-hetero) is 1. The largest absolute Gasteiger partial charge is 0.356 e. The molecule has 4 N–H and O–H groups in total. The summed E-state index contributed by atoms with van der Waals surface area (Å²) in [5.41, 5.74) is 1.07. The van der Waals surface area contributed by atoms with Crippen molar-refractivity contribution < 1.29 is 24.0 Å². The summed E-state index contributed by atoms with van der Waals surface area (Å²) in [5, 5.41) is 11.1. The fourth-order valence-corrected chi connectivity index (χ4v) is 4.92. The normalized spacial score (nSPS) is 21.3. The van der Waals surface area contributed by atoms with Crippen LogP contribution in [0.1, 0.15) is 76.2 Å². The molecule has 2 unspecified atom stereocenters. The van der Waals surface area contributed by atoms with E-state index in [1.165, 1.54) is 0 Å². The first-order chi connectivity index (χ1) is 17.8. The van der Waals surface area contributed by atoms with E-state index in [0.717, 1.165) is 37.7 Å². The van der Waals surface area contributed by atoms with Gasteiger partial charge in [-0.25, -0.2) is 0 Å². The van der Waals surface area contributed by atoms with Gasteiger partial charge in [-0.2, -0.15) is 0 Å². The quantitative estimate of drug-likeness (QED) is 0.283. The average Bonchev–Trinajstić information content (AvgIpc) is 3.83. The van der Waals surface area contributed by atoms with Crippen LogP contribution in [0.4, 0.5) is 0 Å². The molecule has 4 amide bonds. The lowest BCUT2D eigenvalue weighted by atomic mass is 9.92. The molecule has 0 spiro atoms. The molecular weight excluding hydrogens is 472 g/mol. The number of carbonyl (C=O) groups is 5. The molecule has 0 aromatic heterocycles. The fourth-order valence-electron chi connectivity index (χ4n) is 4.92. The lowest BCUT2D eigenvalue weighted by Crippen LogP contribution is -2.55. The second-order valence-electron chi connectivity index (χ2n) is 10.7. The third-order valence-electron chi connectivity index (χ3n) is 7.57. The van der Waals surface area contributed by atoms with Crippen molar-refractivity contribution in [1.82, 2.24) is 21.3 Å². The highest BCUT2D eigenvalue weighted by Crippen LogP contribution is 2.34. The van der Waals surface area contributed by atoms with Gasteiger partial charge in [-0.1, -0.05) is 50.1 Å². The molecule has 4 rings (SSSR count). The van der Waals surface area contributed by atoms with Crippen molar-refractivity contribution in [2.75, 3.05) is 6.54 Å². The lowest BCUT2D eigenvalue weighted by Gasteiger charge is -2.24. The van der Waals surface area contributed by atoms with Gasteiger partial charge in [-0.3, -0.25) is 24.0 Å². The van der Waals surface area contributed by atoms with Crippen LogP contribution in [0.2, 0.25) is 0 Å². The number of hydrogen-bond donors (Lipinski definition) is 4. The van der Waals surface area contributed by atoms with E-state index in [4.69, 9.17) is 0 Å². The minimum absolute atomic E-state index is 0.000565. The van der Waals surface area contributed by atoms with E-state index in [0.29, 0.717) is 25.3 Å². The molecule has 0 radical (unpaired) electrons. The zero-order valence-electron chi connectivity index (χ0n) is 21.5. The lowest BCUT2D eigenvalue weighted by molar-refractivity contribution is -0.141. The van der Waals surface area contributed by atoms with Crippen LogP contribution in [0.5, 0.6) is 0 Å². The number of rotatable bonds is 14. The van der Waals surface area contributed by atoms with E-state index in [2.05, 4.69) is 21.3 Å². The van der Waals surface area contributed by atoms with Gasteiger partial charge in [0.05, 0.1) is 6.04 Å². The molecular formula is C28H38N4O5. The molecule has 3 aliphatic rings. The summed E-state index contributed by atoms with van der Waals surface area (Å²) in [6, 6.07) is 7.90. The van der Waals surface area contributed by atoms with Gasteiger partial charge in [-0.05, 0) is 55.9 Å².